The zero-order valence-corrected chi connectivity index (χ0v) is 12.2. The van der Waals surface area contributed by atoms with Crippen LogP contribution in [0.3, 0.4) is 0 Å². The average Bonchev–Trinajstić information content (AvgIpc) is 2.49. The Kier molecular flexibility index (Phi) is 4.77. The van der Waals surface area contributed by atoms with Crippen LogP contribution in [0.1, 0.15) is 33.1 Å². The van der Waals surface area contributed by atoms with Crippen molar-refractivity contribution in [2.75, 3.05) is 18.0 Å². The van der Waals surface area contributed by atoms with Gasteiger partial charge in [-0.25, -0.2) is 0 Å². The maximum absolute atomic E-state index is 12.5. The van der Waals surface area contributed by atoms with Crippen LogP contribution in [0.25, 0.3) is 0 Å². The monoisotopic (exact) mass is 274 g/mol. The fraction of sp³-hybridized carbons (Fsp3) is 0.500. The third-order valence-electron chi connectivity index (χ3n) is 3.88. The van der Waals surface area contributed by atoms with E-state index in [-0.39, 0.29) is 11.9 Å². The molecule has 4 nitrogen and oxygen atoms in total. The number of piperidine rings is 1. The molecule has 1 fully saturated rings. The summed E-state index contributed by atoms with van der Waals surface area (Å²) in [5.41, 5.74) is 0.776. The summed E-state index contributed by atoms with van der Waals surface area (Å²) in [6.45, 7) is 5.09. The minimum atomic E-state index is -0.424. The second-order valence-electron chi connectivity index (χ2n) is 5.23. The highest BCUT2D eigenvalue weighted by molar-refractivity contribution is 6.40. The molecule has 1 aromatic carbocycles. The SMILES string of the molecule is CCN(C(=O)C(=O)N1CCCCC1C)c1ccccc1. The number of likely N-dealkylation sites (N-methyl/N-ethyl adjacent to an activating group) is 1. The maximum atomic E-state index is 12.5. The Balaban J connectivity index is 2.14. The molecule has 0 saturated carbocycles. The Labute approximate surface area is 120 Å². The third kappa shape index (κ3) is 3.00. The highest BCUT2D eigenvalue weighted by atomic mass is 16.2. The van der Waals surface area contributed by atoms with Crippen LogP contribution in [0, 0.1) is 0 Å². The van der Waals surface area contributed by atoms with Crippen LogP contribution in [0.2, 0.25) is 0 Å². The van der Waals surface area contributed by atoms with Crippen molar-refractivity contribution in [3.63, 3.8) is 0 Å². The molecule has 1 aliphatic heterocycles. The molecule has 0 bridgehead atoms. The topological polar surface area (TPSA) is 40.6 Å². The molecular weight excluding hydrogens is 252 g/mol. The molecule has 1 heterocycles. The van der Waals surface area contributed by atoms with Crippen molar-refractivity contribution in [1.82, 2.24) is 4.90 Å². The molecule has 0 radical (unpaired) electrons. The van der Waals surface area contributed by atoms with Crippen molar-refractivity contribution in [2.24, 2.45) is 0 Å². The summed E-state index contributed by atoms with van der Waals surface area (Å²) in [7, 11) is 0. The lowest BCUT2D eigenvalue weighted by atomic mass is 10.0. The summed E-state index contributed by atoms with van der Waals surface area (Å²) in [6, 6.07) is 9.52. The van der Waals surface area contributed by atoms with E-state index in [2.05, 4.69) is 0 Å². The number of hydrogen-bond donors (Lipinski definition) is 0. The van der Waals surface area contributed by atoms with E-state index < -0.39 is 5.91 Å². The van der Waals surface area contributed by atoms with Gasteiger partial charge in [0, 0.05) is 24.8 Å². The number of anilines is 1. The highest BCUT2D eigenvalue weighted by Gasteiger charge is 2.31. The van der Waals surface area contributed by atoms with Gasteiger partial charge < -0.3 is 9.80 Å². The van der Waals surface area contributed by atoms with E-state index in [1.165, 1.54) is 0 Å². The maximum Gasteiger partial charge on any atom is 0.316 e. The van der Waals surface area contributed by atoms with E-state index in [0.717, 1.165) is 24.9 Å². The van der Waals surface area contributed by atoms with Crippen LogP contribution in [0.5, 0.6) is 0 Å². The fourth-order valence-corrected chi connectivity index (χ4v) is 2.69. The molecule has 4 heteroatoms. The number of hydrogen-bond acceptors (Lipinski definition) is 2. The third-order valence-corrected chi connectivity index (χ3v) is 3.88. The van der Waals surface area contributed by atoms with Gasteiger partial charge in [-0.05, 0) is 45.2 Å². The molecule has 0 aromatic heterocycles. The van der Waals surface area contributed by atoms with E-state index >= 15 is 0 Å². The normalized spacial score (nSPS) is 18.7. The number of likely N-dealkylation sites (tertiary alicyclic amines) is 1. The number of carbonyl (C=O) groups is 2. The predicted molar refractivity (Wildman–Crippen MR) is 79.5 cm³/mol. The van der Waals surface area contributed by atoms with E-state index in [0.29, 0.717) is 13.1 Å². The lowest BCUT2D eigenvalue weighted by Gasteiger charge is -2.34. The summed E-state index contributed by atoms with van der Waals surface area (Å²) in [5, 5.41) is 0. The first-order valence-corrected chi connectivity index (χ1v) is 7.32. The fourth-order valence-electron chi connectivity index (χ4n) is 2.69. The van der Waals surface area contributed by atoms with Crippen LogP contribution in [0.4, 0.5) is 5.69 Å². The van der Waals surface area contributed by atoms with E-state index in [4.69, 9.17) is 0 Å². The van der Waals surface area contributed by atoms with Gasteiger partial charge in [-0.3, -0.25) is 9.59 Å². The van der Waals surface area contributed by atoms with Crippen molar-refractivity contribution in [3.8, 4) is 0 Å². The van der Waals surface area contributed by atoms with Crippen LogP contribution in [-0.2, 0) is 9.59 Å². The van der Waals surface area contributed by atoms with Gasteiger partial charge in [0.25, 0.3) is 0 Å². The van der Waals surface area contributed by atoms with E-state index in [1.807, 2.05) is 44.2 Å². The molecule has 1 aromatic rings. The van der Waals surface area contributed by atoms with Gasteiger partial charge in [0.1, 0.15) is 0 Å². The molecule has 2 amide bonds. The van der Waals surface area contributed by atoms with Crippen LogP contribution in [-0.4, -0.2) is 35.8 Å². The summed E-state index contributed by atoms with van der Waals surface area (Å²) in [4.78, 5) is 28.1. The molecule has 0 N–H and O–H groups in total. The molecule has 20 heavy (non-hydrogen) atoms. The Morgan fingerprint density at radius 3 is 2.55 bits per heavy atom. The smallest absolute Gasteiger partial charge is 0.316 e. The highest BCUT2D eigenvalue weighted by Crippen LogP contribution is 2.19. The second kappa shape index (κ2) is 6.55. The predicted octanol–water partition coefficient (Wildman–Crippen LogP) is 2.44. The lowest BCUT2D eigenvalue weighted by molar-refractivity contribution is -0.146. The quantitative estimate of drug-likeness (QED) is 0.777. The number of nitrogens with zero attached hydrogens (tertiary/aromatic N) is 2. The number of para-hydroxylation sites is 1. The molecular formula is C16H22N2O2. The van der Waals surface area contributed by atoms with Gasteiger partial charge in [0.15, 0.2) is 0 Å². The first kappa shape index (κ1) is 14.6. The molecule has 2 rings (SSSR count). The van der Waals surface area contributed by atoms with E-state index in [1.54, 1.807) is 9.80 Å². The van der Waals surface area contributed by atoms with Crippen molar-refractivity contribution in [2.45, 2.75) is 39.2 Å². The zero-order chi connectivity index (χ0) is 14.5. The Bertz CT molecular complexity index is 473. The van der Waals surface area contributed by atoms with Gasteiger partial charge in [0.05, 0.1) is 0 Å². The standard InChI is InChI=1S/C16H22N2O2/c1-3-17(14-10-5-4-6-11-14)15(19)16(20)18-12-8-7-9-13(18)2/h4-6,10-11,13H,3,7-9,12H2,1-2H3. The first-order valence-electron chi connectivity index (χ1n) is 7.32. The Hall–Kier alpha value is -1.84. The number of carbonyl (C=O) groups excluding carboxylic acids is 2. The lowest BCUT2D eigenvalue weighted by Crippen LogP contribution is -2.50. The Morgan fingerprint density at radius 2 is 1.95 bits per heavy atom. The van der Waals surface area contributed by atoms with Crippen LogP contribution < -0.4 is 4.90 Å². The molecule has 1 atom stereocenters. The summed E-state index contributed by atoms with van der Waals surface area (Å²) >= 11 is 0. The summed E-state index contributed by atoms with van der Waals surface area (Å²) < 4.78 is 0. The molecule has 1 saturated heterocycles. The molecule has 1 unspecified atom stereocenters. The van der Waals surface area contributed by atoms with Gasteiger partial charge in [-0.15, -0.1) is 0 Å². The van der Waals surface area contributed by atoms with Crippen molar-refractivity contribution in [3.05, 3.63) is 30.3 Å². The minimum absolute atomic E-state index is 0.162. The molecule has 108 valence electrons. The van der Waals surface area contributed by atoms with E-state index in [9.17, 15) is 9.59 Å². The molecule has 0 aliphatic carbocycles. The first-order chi connectivity index (χ1) is 9.65. The van der Waals surface area contributed by atoms with Gasteiger partial charge in [-0.2, -0.15) is 0 Å². The number of rotatable bonds is 2. The van der Waals surface area contributed by atoms with Crippen molar-refractivity contribution >= 4 is 17.5 Å². The second-order valence-corrected chi connectivity index (χ2v) is 5.23. The van der Waals surface area contributed by atoms with Gasteiger partial charge in [0.2, 0.25) is 0 Å². The average molecular weight is 274 g/mol. The summed E-state index contributed by atoms with van der Waals surface area (Å²) in [5.74, 6) is -0.796. The Morgan fingerprint density at radius 1 is 1.25 bits per heavy atom. The molecule has 1 aliphatic rings. The van der Waals surface area contributed by atoms with Crippen molar-refractivity contribution in [1.29, 1.82) is 0 Å². The molecule has 0 spiro atoms. The number of amides is 2. The van der Waals surface area contributed by atoms with Crippen molar-refractivity contribution < 1.29 is 9.59 Å². The van der Waals surface area contributed by atoms with Gasteiger partial charge >= 0.3 is 11.8 Å². The van der Waals surface area contributed by atoms with Crippen LogP contribution in [0.15, 0.2) is 30.3 Å². The summed E-state index contributed by atoms with van der Waals surface area (Å²) in [6.07, 6.45) is 3.10. The minimum Gasteiger partial charge on any atom is -0.332 e. The van der Waals surface area contributed by atoms with Gasteiger partial charge in [-0.1, -0.05) is 18.2 Å². The number of benzene rings is 1. The zero-order valence-electron chi connectivity index (χ0n) is 12.2. The largest absolute Gasteiger partial charge is 0.332 e. The van der Waals surface area contributed by atoms with Crippen LogP contribution >= 0.6 is 0 Å².